The molecule has 0 saturated carbocycles. The van der Waals surface area contributed by atoms with Crippen molar-refractivity contribution in [2.45, 2.75) is 0 Å². The van der Waals surface area contributed by atoms with Crippen molar-refractivity contribution in [3.8, 4) is 30.6 Å². The van der Waals surface area contributed by atoms with Crippen LogP contribution in [0.3, 0.4) is 0 Å². The molecule has 0 aliphatic carbocycles. The highest BCUT2D eigenvalue weighted by Crippen LogP contribution is 2.45. The lowest BCUT2D eigenvalue weighted by Gasteiger charge is -2.09. The van der Waals surface area contributed by atoms with Crippen LogP contribution in [0.4, 0.5) is 0 Å². The van der Waals surface area contributed by atoms with Crippen molar-refractivity contribution < 1.29 is 0 Å². The maximum Gasteiger partial charge on any atom is 0.0455 e. The fourth-order valence-corrected chi connectivity index (χ4v) is 6.94. The molecular formula is C26H16S3. The molecule has 0 aliphatic heterocycles. The van der Waals surface area contributed by atoms with Gasteiger partial charge in [-0.25, -0.2) is 0 Å². The van der Waals surface area contributed by atoms with Gasteiger partial charge in [0, 0.05) is 29.6 Å². The summed E-state index contributed by atoms with van der Waals surface area (Å²) in [6.07, 6.45) is 0. The number of rotatable bonds is 3. The second-order valence-corrected chi connectivity index (χ2v) is 10.1. The highest BCUT2D eigenvalue weighted by atomic mass is 32.1. The molecule has 0 radical (unpaired) electrons. The molecule has 138 valence electrons. The average molecular weight is 425 g/mol. The molecule has 0 N–H and O–H groups in total. The summed E-state index contributed by atoms with van der Waals surface area (Å²) >= 11 is 5.59. The molecule has 0 atom stereocenters. The molecule has 0 aliphatic rings. The van der Waals surface area contributed by atoms with Crippen molar-refractivity contribution in [3.63, 3.8) is 0 Å². The van der Waals surface area contributed by atoms with Gasteiger partial charge in [0.25, 0.3) is 0 Å². The average Bonchev–Trinajstić information content (AvgIpc) is 3.52. The maximum absolute atomic E-state index is 2.39. The Morgan fingerprint density at radius 2 is 1.31 bits per heavy atom. The molecule has 0 fully saturated rings. The molecule has 3 heterocycles. The summed E-state index contributed by atoms with van der Waals surface area (Å²) < 4.78 is 1.35. The van der Waals surface area contributed by atoms with E-state index >= 15 is 0 Å². The summed E-state index contributed by atoms with van der Waals surface area (Å²) in [6.45, 7) is 0. The molecule has 0 saturated heterocycles. The third-order valence-corrected chi connectivity index (χ3v) is 8.65. The third kappa shape index (κ3) is 2.94. The molecule has 0 amide bonds. The third-order valence-electron chi connectivity index (χ3n) is 5.22. The summed E-state index contributed by atoms with van der Waals surface area (Å²) in [5.41, 5.74) is 2.63. The lowest BCUT2D eigenvalue weighted by atomic mass is 9.95. The zero-order valence-corrected chi connectivity index (χ0v) is 17.9. The van der Waals surface area contributed by atoms with Crippen LogP contribution >= 0.6 is 34.0 Å². The molecule has 3 heteroatoms. The number of hydrogen-bond acceptors (Lipinski definition) is 3. The van der Waals surface area contributed by atoms with E-state index in [-0.39, 0.29) is 0 Å². The van der Waals surface area contributed by atoms with Gasteiger partial charge in [-0.2, -0.15) is 0 Å². The van der Waals surface area contributed by atoms with Crippen LogP contribution < -0.4 is 0 Å². The molecular weight excluding hydrogens is 408 g/mol. The quantitative estimate of drug-likeness (QED) is 0.266. The van der Waals surface area contributed by atoms with Gasteiger partial charge in [0.2, 0.25) is 0 Å². The predicted octanol–water partition coefficient (Wildman–Crippen LogP) is 9.18. The minimum absolute atomic E-state index is 1.28. The second kappa shape index (κ2) is 6.96. The minimum Gasteiger partial charge on any atom is -0.143 e. The summed E-state index contributed by atoms with van der Waals surface area (Å²) in [4.78, 5) is 5.39. The summed E-state index contributed by atoms with van der Waals surface area (Å²) in [7, 11) is 0. The largest absolute Gasteiger partial charge is 0.143 e. The Bertz CT molecular complexity index is 1430. The van der Waals surface area contributed by atoms with Gasteiger partial charge >= 0.3 is 0 Å². The van der Waals surface area contributed by atoms with Gasteiger partial charge in [-0.3, -0.25) is 0 Å². The van der Waals surface area contributed by atoms with Crippen molar-refractivity contribution in [3.05, 3.63) is 96.4 Å². The lowest BCUT2D eigenvalue weighted by molar-refractivity contribution is 1.68. The minimum atomic E-state index is 1.28. The Balaban J connectivity index is 1.59. The van der Waals surface area contributed by atoms with Gasteiger partial charge in [0.15, 0.2) is 0 Å². The molecule has 6 rings (SSSR count). The van der Waals surface area contributed by atoms with E-state index in [0.717, 1.165) is 0 Å². The molecule has 0 nitrogen and oxygen atoms in total. The lowest BCUT2D eigenvalue weighted by Crippen LogP contribution is -1.82. The van der Waals surface area contributed by atoms with Gasteiger partial charge in [-0.15, -0.1) is 34.0 Å². The fourth-order valence-electron chi connectivity index (χ4n) is 3.90. The summed E-state index contributed by atoms with van der Waals surface area (Å²) in [5.74, 6) is 0. The first kappa shape index (κ1) is 17.2. The van der Waals surface area contributed by atoms with E-state index < -0.39 is 0 Å². The van der Waals surface area contributed by atoms with Crippen molar-refractivity contribution in [2.24, 2.45) is 0 Å². The molecule has 0 spiro atoms. The predicted molar refractivity (Wildman–Crippen MR) is 131 cm³/mol. The van der Waals surface area contributed by atoms with Crippen molar-refractivity contribution in [2.75, 3.05) is 0 Å². The van der Waals surface area contributed by atoms with Crippen molar-refractivity contribution in [1.82, 2.24) is 0 Å². The van der Waals surface area contributed by atoms with Crippen LogP contribution in [0.5, 0.6) is 0 Å². The molecule has 6 aromatic rings. The van der Waals surface area contributed by atoms with Gasteiger partial charge in [-0.1, -0.05) is 60.7 Å². The zero-order valence-electron chi connectivity index (χ0n) is 15.5. The van der Waals surface area contributed by atoms with E-state index in [9.17, 15) is 0 Å². The van der Waals surface area contributed by atoms with Gasteiger partial charge in [-0.05, 0) is 57.6 Å². The van der Waals surface area contributed by atoms with Crippen LogP contribution in [0.2, 0.25) is 0 Å². The Labute approximate surface area is 181 Å². The highest BCUT2D eigenvalue weighted by molar-refractivity contribution is 7.28. The number of hydrogen-bond donors (Lipinski definition) is 0. The molecule has 0 bridgehead atoms. The first-order valence-electron chi connectivity index (χ1n) is 9.52. The second-order valence-electron chi connectivity index (χ2n) is 7.00. The number of fused-ring (bicyclic) bond motifs is 2. The Morgan fingerprint density at radius 3 is 2.14 bits per heavy atom. The fraction of sp³-hybridized carbons (Fsp3) is 0. The van der Waals surface area contributed by atoms with Gasteiger partial charge in [0.05, 0.1) is 0 Å². The Kier molecular flexibility index (Phi) is 4.12. The number of benzene rings is 3. The topological polar surface area (TPSA) is 0 Å². The first-order chi connectivity index (χ1) is 14.4. The van der Waals surface area contributed by atoms with E-state index in [1.54, 1.807) is 11.3 Å². The SMILES string of the molecule is c1ccc(-c2c3ccccc3cc3sc(-c4ccc(-c5cccs5)s4)cc23)cc1. The van der Waals surface area contributed by atoms with Crippen LogP contribution in [0.25, 0.3) is 51.5 Å². The first-order valence-corrected chi connectivity index (χ1v) is 12.0. The molecule has 3 aromatic heterocycles. The van der Waals surface area contributed by atoms with E-state index in [1.165, 1.54) is 51.5 Å². The monoisotopic (exact) mass is 424 g/mol. The van der Waals surface area contributed by atoms with Crippen LogP contribution in [-0.4, -0.2) is 0 Å². The van der Waals surface area contributed by atoms with Crippen molar-refractivity contribution in [1.29, 1.82) is 0 Å². The smallest absolute Gasteiger partial charge is 0.0455 e. The van der Waals surface area contributed by atoms with Crippen LogP contribution in [-0.2, 0) is 0 Å². The highest BCUT2D eigenvalue weighted by Gasteiger charge is 2.15. The van der Waals surface area contributed by atoms with E-state index in [4.69, 9.17) is 0 Å². The van der Waals surface area contributed by atoms with Gasteiger partial charge in [0.1, 0.15) is 0 Å². The van der Waals surface area contributed by atoms with Gasteiger partial charge < -0.3 is 0 Å². The van der Waals surface area contributed by atoms with Crippen LogP contribution in [0, 0.1) is 0 Å². The Hall–Kier alpha value is -2.72. The standard InChI is InChI=1S/C26H16S3/c1-2-7-17(8-3-1)26-19-10-5-4-9-18(19)15-24-20(26)16-25(29-24)23-13-12-22(28-23)21-11-6-14-27-21/h1-16H. The summed E-state index contributed by atoms with van der Waals surface area (Å²) in [5, 5.41) is 6.12. The Morgan fingerprint density at radius 1 is 0.517 bits per heavy atom. The molecule has 29 heavy (non-hydrogen) atoms. The molecule has 0 unspecified atom stereocenters. The van der Waals surface area contributed by atoms with Crippen LogP contribution in [0.15, 0.2) is 96.4 Å². The number of thiophene rings is 3. The normalized spacial score (nSPS) is 11.4. The van der Waals surface area contributed by atoms with E-state index in [2.05, 4.69) is 96.4 Å². The van der Waals surface area contributed by atoms with Crippen LogP contribution in [0.1, 0.15) is 0 Å². The van der Waals surface area contributed by atoms with Crippen molar-refractivity contribution >= 4 is 54.9 Å². The van der Waals surface area contributed by atoms with E-state index in [1.807, 2.05) is 22.7 Å². The zero-order chi connectivity index (χ0) is 19.2. The maximum atomic E-state index is 2.39. The van der Waals surface area contributed by atoms with E-state index in [0.29, 0.717) is 0 Å². The summed E-state index contributed by atoms with van der Waals surface area (Å²) in [6, 6.07) is 33.1. The molecule has 3 aromatic carbocycles.